The minimum absolute atomic E-state index is 0.0807. The second-order valence-corrected chi connectivity index (χ2v) is 4.33. The number of hydrogen-bond acceptors (Lipinski definition) is 2. The standard InChI is InChI=1S/C14H21NO/c1-5-8-15(11(2)3)14-7-6-12(4)9-13(14)10-16/h5-7,9,11,16H,1,8,10H2,2-4H3. The zero-order valence-electron chi connectivity index (χ0n) is 10.4. The third kappa shape index (κ3) is 2.86. The lowest BCUT2D eigenvalue weighted by molar-refractivity contribution is 0.282. The van der Waals surface area contributed by atoms with Gasteiger partial charge in [-0.05, 0) is 26.8 Å². The van der Waals surface area contributed by atoms with Crippen molar-refractivity contribution in [2.24, 2.45) is 0 Å². The molecule has 0 heterocycles. The molecular formula is C14H21NO. The maximum absolute atomic E-state index is 9.39. The Balaban J connectivity index is 3.12. The molecule has 0 aliphatic rings. The Bertz CT molecular complexity index is 358. The maximum atomic E-state index is 9.39. The van der Waals surface area contributed by atoms with E-state index in [1.54, 1.807) is 0 Å². The molecule has 0 atom stereocenters. The van der Waals surface area contributed by atoms with Crippen LogP contribution in [0.3, 0.4) is 0 Å². The lowest BCUT2D eigenvalue weighted by Crippen LogP contribution is -2.31. The number of aliphatic hydroxyl groups is 1. The summed E-state index contributed by atoms with van der Waals surface area (Å²) in [5, 5.41) is 9.39. The Labute approximate surface area is 98.2 Å². The molecular weight excluding hydrogens is 198 g/mol. The molecule has 0 aliphatic carbocycles. The van der Waals surface area contributed by atoms with Crippen LogP contribution in [0, 0.1) is 6.92 Å². The summed E-state index contributed by atoms with van der Waals surface area (Å²) >= 11 is 0. The van der Waals surface area contributed by atoms with Gasteiger partial charge in [0.25, 0.3) is 0 Å². The topological polar surface area (TPSA) is 23.5 Å². The third-order valence-corrected chi connectivity index (χ3v) is 2.66. The highest BCUT2D eigenvalue weighted by atomic mass is 16.3. The number of anilines is 1. The molecule has 1 N–H and O–H groups in total. The Morgan fingerprint density at radius 1 is 1.44 bits per heavy atom. The normalized spacial score (nSPS) is 10.6. The number of aliphatic hydroxyl groups excluding tert-OH is 1. The Kier molecular flexibility index (Phi) is 4.56. The summed E-state index contributed by atoms with van der Waals surface area (Å²) in [6.07, 6.45) is 1.89. The van der Waals surface area contributed by atoms with Gasteiger partial charge in [-0.15, -0.1) is 6.58 Å². The van der Waals surface area contributed by atoms with Gasteiger partial charge in [0.1, 0.15) is 0 Å². The Hall–Kier alpha value is -1.28. The molecule has 0 bridgehead atoms. The molecule has 2 nitrogen and oxygen atoms in total. The number of aryl methyl sites for hydroxylation is 1. The van der Waals surface area contributed by atoms with E-state index in [2.05, 4.69) is 37.5 Å². The summed E-state index contributed by atoms with van der Waals surface area (Å²) in [5.41, 5.74) is 3.26. The minimum atomic E-state index is 0.0807. The van der Waals surface area contributed by atoms with E-state index in [1.807, 2.05) is 19.1 Å². The van der Waals surface area contributed by atoms with E-state index >= 15 is 0 Å². The van der Waals surface area contributed by atoms with Crippen LogP contribution < -0.4 is 4.90 Å². The van der Waals surface area contributed by atoms with Crippen LogP contribution in [0.4, 0.5) is 5.69 Å². The molecule has 1 rings (SSSR count). The third-order valence-electron chi connectivity index (χ3n) is 2.66. The quantitative estimate of drug-likeness (QED) is 0.770. The van der Waals surface area contributed by atoms with E-state index in [9.17, 15) is 5.11 Å². The van der Waals surface area contributed by atoms with Crippen LogP contribution in [0.25, 0.3) is 0 Å². The van der Waals surface area contributed by atoms with Gasteiger partial charge in [0.05, 0.1) is 6.61 Å². The lowest BCUT2D eigenvalue weighted by Gasteiger charge is -2.29. The molecule has 0 radical (unpaired) electrons. The van der Waals surface area contributed by atoms with Gasteiger partial charge < -0.3 is 10.0 Å². The molecule has 0 aromatic heterocycles. The minimum Gasteiger partial charge on any atom is -0.392 e. The van der Waals surface area contributed by atoms with E-state index in [-0.39, 0.29) is 6.61 Å². The van der Waals surface area contributed by atoms with E-state index < -0.39 is 0 Å². The van der Waals surface area contributed by atoms with Crippen molar-refractivity contribution in [3.05, 3.63) is 42.0 Å². The van der Waals surface area contributed by atoms with Gasteiger partial charge in [-0.1, -0.05) is 23.8 Å². The molecule has 0 saturated heterocycles. The zero-order valence-corrected chi connectivity index (χ0v) is 10.4. The van der Waals surface area contributed by atoms with Crippen molar-refractivity contribution in [3.63, 3.8) is 0 Å². The van der Waals surface area contributed by atoms with Gasteiger partial charge >= 0.3 is 0 Å². The van der Waals surface area contributed by atoms with Crippen LogP contribution in [0.1, 0.15) is 25.0 Å². The van der Waals surface area contributed by atoms with Gasteiger partial charge in [-0.3, -0.25) is 0 Å². The first-order chi connectivity index (χ1) is 7.60. The number of hydrogen-bond donors (Lipinski definition) is 1. The molecule has 1 aromatic rings. The molecule has 0 aliphatic heterocycles. The van der Waals surface area contributed by atoms with Crippen LogP contribution in [-0.2, 0) is 6.61 Å². The molecule has 88 valence electrons. The smallest absolute Gasteiger partial charge is 0.0702 e. The molecule has 1 aromatic carbocycles. The predicted molar refractivity (Wildman–Crippen MR) is 69.8 cm³/mol. The fraction of sp³-hybridized carbons (Fsp3) is 0.429. The maximum Gasteiger partial charge on any atom is 0.0702 e. The average Bonchev–Trinajstić information content (AvgIpc) is 2.26. The van der Waals surface area contributed by atoms with Gasteiger partial charge in [-0.2, -0.15) is 0 Å². The summed E-state index contributed by atoms with van der Waals surface area (Å²) in [6, 6.07) is 6.58. The van der Waals surface area contributed by atoms with Crippen molar-refractivity contribution in [1.82, 2.24) is 0 Å². The number of benzene rings is 1. The summed E-state index contributed by atoms with van der Waals surface area (Å²) in [6.45, 7) is 11.0. The molecule has 0 amide bonds. The average molecular weight is 219 g/mol. The summed E-state index contributed by atoms with van der Waals surface area (Å²) < 4.78 is 0. The van der Waals surface area contributed by atoms with E-state index in [4.69, 9.17) is 0 Å². The van der Waals surface area contributed by atoms with Crippen molar-refractivity contribution in [1.29, 1.82) is 0 Å². The SMILES string of the molecule is C=CCN(c1ccc(C)cc1CO)C(C)C. The van der Waals surface area contributed by atoms with Crippen LogP contribution >= 0.6 is 0 Å². The van der Waals surface area contributed by atoms with Crippen molar-refractivity contribution in [2.45, 2.75) is 33.4 Å². The summed E-state index contributed by atoms with van der Waals surface area (Å²) in [7, 11) is 0. The largest absolute Gasteiger partial charge is 0.392 e. The Morgan fingerprint density at radius 2 is 2.12 bits per heavy atom. The van der Waals surface area contributed by atoms with Gasteiger partial charge in [0.2, 0.25) is 0 Å². The molecule has 0 spiro atoms. The van der Waals surface area contributed by atoms with E-state index in [0.717, 1.165) is 17.8 Å². The molecule has 16 heavy (non-hydrogen) atoms. The highest BCUT2D eigenvalue weighted by molar-refractivity contribution is 5.55. The number of rotatable bonds is 5. The lowest BCUT2D eigenvalue weighted by atomic mass is 10.1. The van der Waals surface area contributed by atoms with Crippen molar-refractivity contribution >= 4 is 5.69 Å². The fourth-order valence-corrected chi connectivity index (χ4v) is 1.85. The van der Waals surface area contributed by atoms with Crippen LogP contribution in [0.5, 0.6) is 0 Å². The highest BCUT2D eigenvalue weighted by Gasteiger charge is 2.12. The fourth-order valence-electron chi connectivity index (χ4n) is 1.85. The van der Waals surface area contributed by atoms with Crippen LogP contribution in [-0.4, -0.2) is 17.7 Å². The molecule has 0 fully saturated rings. The monoisotopic (exact) mass is 219 g/mol. The first-order valence-corrected chi connectivity index (χ1v) is 5.68. The van der Waals surface area contributed by atoms with Gasteiger partial charge in [-0.25, -0.2) is 0 Å². The van der Waals surface area contributed by atoms with Crippen molar-refractivity contribution < 1.29 is 5.11 Å². The summed E-state index contributed by atoms with van der Waals surface area (Å²) in [5.74, 6) is 0. The predicted octanol–water partition coefficient (Wildman–Crippen LogP) is 2.89. The summed E-state index contributed by atoms with van der Waals surface area (Å²) in [4.78, 5) is 2.23. The van der Waals surface area contributed by atoms with Crippen LogP contribution in [0.2, 0.25) is 0 Å². The molecule has 2 heteroatoms. The van der Waals surface area contributed by atoms with E-state index in [1.165, 1.54) is 5.56 Å². The second-order valence-electron chi connectivity index (χ2n) is 4.33. The van der Waals surface area contributed by atoms with Gasteiger partial charge in [0.15, 0.2) is 0 Å². The van der Waals surface area contributed by atoms with Crippen LogP contribution in [0.15, 0.2) is 30.9 Å². The first-order valence-electron chi connectivity index (χ1n) is 5.68. The molecule has 0 unspecified atom stereocenters. The van der Waals surface area contributed by atoms with Crippen molar-refractivity contribution in [3.8, 4) is 0 Å². The van der Waals surface area contributed by atoms with Crippen molar-refractivity contribution in [2.75, 3.05) is 11.4 Å². The zero-order chi connectivity index (χ0) is 12.1. The second kappa shape index (κ2) is 5.71. The molecule has 0 saturated carbocycles. The Morgan fingerprint density at radius 3 is 2.62 bits per heavy atom. The van der Waals surface area contributed by atoms with Gasteiger partial charge in [0, 0.05) is 23.8 Å². The highest BCUT2D eigenvalue weighted by Crippen LogP contribution is 2.23. The van der Waals surface area contributed by atoms with E-state index in [0.29, 0.717) is 6.04 Å². The first kappa shape index (κ1) is 12.8. The number of nitrogens with zero attached hydrogens (tertiary/aromatic N) is 1.